The lowest BCUT2D eigenvalue weighted by atomic mass is 9.95. The predicted octanol–water partition coefficient (Wildman–Crippen LogP) is 3.50. The molecule has 2 bridgehead atoms. The quantitative estimate of drug-likeness (QED) is 0.908. The monoisotopic (exact) mass is 322 g/mol. The molecule has 3 heterocycles. The molecule has 124 valence electrons. The summed E-state index contributed by atoms with van der Waals surface area (Å²) in [6.45, 7) is 1.99. The number of carbonyl (C=O) groups excluding carboxylic acids is 1. The molecule has 2 amide bonds. The van der Waals surface area contributed by atoms with Crippen molar-refractivity contribution in [2.75, 3.05) is 0 Å². The molecule has 24 heavy (non-hydrogen) atoms. The molecule has 1 saturated heterocycles. The van der Waals surface area contributed by atoms with Gasteiger partial charge in [-0.2, -0.15) is 5.10 Å². The van der Waals surface area contributed by atoms with Crippen molar-refractivity contribution in [3.05, 3.63) is 59.9 Å². The van der Waals surface area contributed by atoms with Crippen LogP contribution in [0, 0.1) is 0 Å². The lowest BCUT2D eigenvalue weighted by Gasteiger charge is -2.35. The molecule has 4 rings (SSSR count). The Balaban J connectivity index is 1.49. The van der Waals surface area contributed by atoms with Gasteiger partial charge in [0.2, 0.25) is 0 Å². The number of aromatic amines is 1. The van der Waals surface area contributed by atoms with Crippen LogP contribution >= 0.6 is 0 Å². The number of urea groups is 1. The summed E-state index contributed by atoms with van der Waals surface area (Å²) in [5.41, 5.74) is 3.64. The number of hydrogen-bond donors (Lipinski definition) is 2. The first-order valence-corrected chi connectivity index (χ1v) is 8.56. The molecule has 2 N–H and O–H groups in total. The fraction of sp³-hybridized carbons (Fsp3) is 0.368. The Morgan fingerprint density at radius 1 is 1.33 bits per heavy atom. The molecule has 5 heteroatoms. The molecule has 0 saturated carbocycles. The SMILES string of the molecule is CC(NC(=O)N1C2C=C(c3ccccc3)CC1CC2)c1cn[nH]c1. The van der Waals surface area contributed by atoms with Crippen LogP contribution in [-0.4, -0.2) is 33.2 Å². The minimum atomic E-state index is -0.0462. The van der Waals surface area contributed by atoms with Crippen molar-refractivity contribution in [3.63, 3.8) is 0 Å². The molecule has 3 atom stereocenters. The van der Waals surface area contributed by atoms with Crippen LogP contribution in [0.1, 0.15) is 43.4 Å². The highest BCUT2D eigenvalue weighted by molar-refractivity contribution is 5.79. The number of benzene rings is 1. The average Bonchev–Trinajstić information content (AvgIpc) is 3.22. The van der Waals surface area contributed by atoms with E-state index in [-0.39, 0.29) is 18.1 Å². The highest BCUT2D eigenvalue weighted by Crippen LogP contribution is 2.38. The van der Waals surface area contributed by atoms with Gasteiger partial charge in [0.05, 0.1) is 18.3 Å². The molecule has 5 nitrogen and oxygen atoms in total. The maximum Gasteiger partial charge on any atom is 0.318 e. The van der Waals surface area contributed by atoms with Crippen LogP contribution in [0.25, 0.3) is 5.57 Å². The third-order valence-corrected chi connectivity index (χ3v) is 5.13. The number of aromatic nitrogens is 2. The highest BCUT2D eigenvalue weighted by Gasteiger charge is 2.40. The zero-order valence-corrected chi connectivity index (χ0v) is 13.8. The second kappa shape index (κ2) is 6.15. The Labute approximate surface area is 141 Å². The fourth-order valence-electron chi connectivity index (χ4n) is 3.85. The topological polar surface area (TPSA) is 61.0 Å². The number of nitrogens with one attached hydrogen (secondary N) is 2. The summed E-state index contributed by atoms with van der Waals surface area (Å²) in [7, 11) is 0. The second-order valence-electron chi connectivity index (χ2n) is 6.67. The van der Waals surface area contributed by atoms with E-state index in [1.54, 1.807) is 6.20 Å². The molecule has 1 fully saturated rings. The van der Waals surface area contributed by atoms with Crippen LogP contribution in [0.4, 0.5) is 4.79 Å². The van der Waals surface area contributed by atoms with Crippen molar-refractivity contribution in [1.29, 1.82) is 0 Å². The Kier molecular flexibility index (Phi) is 3.84. The van der Waals surface area contributed by atoms with Gasteiger partial charge in [0.25, 0.3) is 0 Å². The number of hydrogen-bond acceptors (Lipinski definition) is 2. The molecule has 1 aromatic carbocycles. The van der Waals surface area contributed by atoms with Gasteiger partial charge in [0.1, 0.15) is 0 Å². The molecule has 2 aliphatic rings. The summed E-state index contributed by atoms with van der Waals surface area (Å²) in [6.07, 6.45) is 8.92. The molecular weight excluding hydrogens is 300 g/mol. The van der Waals surface area contributed by atoms with Gasteiger partial charge in [-0.15, -0.1) is 0 Å². The molecule has 2 aromatic rings. The van der Waals surface area contributed by atoms with E-state index in [0.717, 1.165) is 24.8 Å². The average molecular weight is 322 g/mol. The molecule has 0 radical (unpaired) electrons. The minimum absolute atomic E-state index is 0.0274. The van der Waals surface area contributed by atoms with Gasteiger partial charge in [0, 0.05) is 17.8 Å². The smallest absolute Gasteiger partial charge is 0.318 e. The summed E-state index contributed by atoms with van der Waals surface area (Å²) in [5.74, 6) is 0. The number of fused-ring (bicyclic) bond motifs is 2. The molecule has 0 spiro atoms. The Bertz CT molecular complexity index is 738. The van der Waals surface area contributed by atoms with E-state index in [1.165, 1.54) is 11.1 Å². The summed E-state index contributed by atoms with van der Waals surface area (Å²) in [5, 5.41) is 9.85. The Morgan fingerprint density at radius 2 is 2.17 bits per heavy atom. The van der Waals surface area contributed by atoms with Gasteiger partial charge in [-0.05, 0) is 37.3 Å². The van der Waals surface area contributed by atoms with E-state index in [1.807, 2.05) is 24.1 Å². The van der Waals surface area contributed by atoms with Crippen molar-refractivity contribution in [1.82, 2.24) is 20.4 Å². The first-order chi connectivity index (χ1) is 11.7. The van der Waals surface area contributed by atoms with Gasteiger partial charge in [-0.25, -0.2) is 4.79 Å². The number of H-pyrrole nitrogens is 1. The van der Waals surface area contributed by atoms with Gasteiger partial charge in [-0.3, -0.25) is 5.10 Å². The lowest BCUT2D eigenvalue weighted by molar-refractivity contribution is 0.176. The third-order valence-electron chi connectivity index (χ3n) is 5.13. The molecule has 1 aromatic heterocycles. The van der Waals surface area contributed by atoms with Crippen molar-refractivity contribution >= 4 is 11.6 Å². The van der Waals surface area contributed by atoms with E-state index in [0.29, 0.717) is 6.04 Å². The Morgan fingerprint density at radius 3 is 2.88 bits per heavy atom. The van der Waals surface area contributed by atoms with E-state index < -0.39 is 0 Å². The summed E-state index contributed by atoms with van der Waals surface area (Å²) >= 11 is 0. The number of rotatable bonds is 3. The molecular formula is C19H22N4O. The normalized spacial score (nSPS) is 23.7. The first-order valence-electron chi connectivity index (χ1n) is 8.56. The van der Waals surface area contributed by atoms with Gasteiger partial charge < -0.3 is 10.2 Å². The van der Waals surface area contributed by atoms with Crippen LogP contribution in [0.15, 0.2) is 48.8 Å². The summed E-state index contributed by atoms with van der Waals surface area (Å²) in [6, 6.07) is 11.0. The predicted molar refractivity (Wildman–Crippen MR) is 93.2 cm³/mol. The van der Waals surface area contributed by atoms with E-state index >= 15 is 0 Å². The first kappa shape index (κ1) is 15.0. The number of amides is 2. The maximum atomic E-state index is 12.8. The van der Waals surface area contributed by atoms with Crippen LogP contribution in [0.3, 0.4) is 0 Å². The summed E-state index contributed by atoms with van der Waals surface area (Å²) < 4.78 is 0. The third kappa shape index (κ3) is 2.70. The van der Waals surface area contributed by atoms with Crippen molar-refractivity contribution < 1.29 is 4.79 Å². The maximum absolute atomic E-state index is 12.8. The standard InChI is InChI=1S/C19H22N4O/c1-13(16-11-20-21-12-16)22-19(24)23-17-7-8-18(23)10-15(9-17)14-5-3-2-4-6-14/h2-6,9,11-13,17-18H,7-8,10H2,1H3,(H,20,21)(H,22,24). The number of carbonyl (C=O) groups is 1. The van der Waals surface area contributed by atoms with Crippen LogP contribution in [0.2, 0.25) is 0 Å². The van der Waals surface area contributed by atoms with Crippen molar-refractivity contribution in [3.8, 4) is 0 Å². The van der Waals surface area contributed by atoms with Gasteiger partial charge in [0.15, 0.2) is 0 Å². The minimum Gasteiger partial charge on any atom is -0.331 e. The Hall–Kier alpha value is -2.56. The van der Waals surface area contributed by atoms with Crippen LogP contribution in [0.5, 0.6) is 0 Å². The van der Waals surface area contributed by atoms with Crippen LogP contribution < -0.4 is 5.32 Å². The van der Waals surface area contributed by atoms with Gasteiger partial charge >= 0.3 is 6.03 Å². The van der Waals surface area contributed by atoms with Crippen molar-refractivity contribution in [2.24, 2.45) is 0 Å². The summed E-state index contributed by atoms with van der Waals surface area (Å²) in [4.78, 5) is 14.8. The molecule has 3 unspecified atom stereocenters. The van der Waals surface area contributed by atoms with Crippen LogP contribution in [-0.2, 0) is 0 Å². The lowest BCUT2D eigenvalue weighted by Crippen LogP contribution is -2.48. The van der Waals surface area contributed by atoms with E-state index in [4.69, 9.17) is 0 Å². The highest BCUT2D eigenvalue weighted by atomic mass is 16.2. The van der Waals surface area contributed by atoms with Crippen molar-refractivity contribution in [2.45, 2.75) is 44.3 Å². The van der Waals surface area contributed by atoms with Gasteiger partial charge in [-0.1, -0.05) is 36.4 Å². The molecule has 0 aliphatic carbocycles. The zero-order valence-electron chi connectivity index (χ0n) is 13.8. The fourth-order valence-corrected chi connectivity index (χ4v) is 3.85. The number of nitrogens with zero attached hydrogens (tertiary/aromatic N) is 2. The van der Waals surface area contributed by atoms with E-state index in [2.05, 4.69) is 45.9 Å². The molecule has 2 aliphatic heterocycles. The largest absolute Gasteiger partial charge is 0.331 e. The zero-order chi connectivity index (χ0) is 16.5. The second-order valence-corrected chi connectivity index (χ2v) is 6.67. The van der Waals surface area contributed by atoms with E-state index in [9.17, 15) is 4.79 Å².